The smallest absolute Gasteiger partial charge is 0.248 e. The molecule has 0 fully saturated rings. The van der Waals surface area contributed by atoms with Gasteiger partial charge in [-0.05, 0) is 12.5 Å². The molecule has 0 saturated carbocycles. The zero-order chi connectivity index (χ0) is 8.81. The standard InChI is InChI=1S/C8H14N2S2/c1-11-6-3-8-9-4-5-10(8)7-12-2/h4-5H,3,6-7H2,1-2H3/p+1. The van der Waals surface area contributed by atoms with Crippen LogP contribution in [0.3, 0.4) is 0 Å². The number of hydrogen-bond acceptors (Lipinski definition) is 2. The van der Waals surface area contributed by atoms with Crippen LogP contribution in [0.25, 0.3) is 0 Å². The van der Waals surface area contributed by atoms with Crippen molar-refractivity contribution in [2.45, 2.75) is 12.3 Å². The van der Waals surface area contributed by atoms with Crippen LogP contribution in [0.5, 0.6) is 0 Å². The van der Waals surface area contributed by atoms with Crippen LogP contribution in [0.4, 0.5) is 0 Å². The number of H-pyrrole nitrogens is 1. The number of nitrogens with one attached hydrogen (secondary N) is 1. The van der Waals surface area contributed by atoms with Crippen molar-refractivity contribution in [3.8, 4) is 0 Å². The minimum absolute atomic E-state index is 1.05. The van der Waals surface area contributed by atoms with E-state index in [9.17, 15) is 0 Å². The summed E-state index contributed by atoms with van der Waals surface area (Å²) >= 11 is 3.73. The van der Waals surface area contributed by atoms with Gasteiger partial charge in [-0.15, -0.1) is 11.8 Å². The lowest BCUT2D eigenvalue weighted by Gasteiger charge is -1.96. The maximum Gasteiger partial charge on any atom is 0.255 e. The van der Waals surface area contributed by atoms with Gasteiger partial charge in [0.05, 0.1) is 6.42 Å². The van der Waals surface area contributed by atoms with Gasteiger partial charge in [0.25, 0.3) is 5.82 Å². The Morgan fingerprint density at radius 3 is 2.92 bits per heavy atom. The number of aryl methyl sites for hydroxylation is 1. The Morgan fingerprint density at radius 2 is 2.25 bits per heavy atom. The molecule has 0 aliphatic rings. The summed E-state index contributed by atoms with van der Waals surface area (Å²) in [5, 5.41) is 0. The number of aromatic amines is 1. The molecule has 1 rings (SSSR count). The third-order valence-electron chi connectivity index (χ3n) is 1.66. The lowest BCUT2D eigenvalue weighted by molar-refractivity contribution is -0.681. The molecule has 1 heterocycles. The molecule has 0 atom stereocenters. The molecule has 1 aromatic rings. The van der Waals surface area contributed by atoms with Gasteiger partial charge >= 0.3 is 0 Å². The van der Waals surface area contributed by atoms with E-state index >= 15 is 0 Å². The summed E-state index contributed by atoms with van der Waals surface area (Å²) < 4.78 is 2.26. The first-order valence-corrected chi connectivity index (χ1v) is 6.71. The molecule has 1 aromatic heterocycles. The Kier molecular flexibility index (Phi) is 4.61. The molecular weight excluding hydrogens is 188 g/mol. The highest BCUT2D eigenvalue weighted by atomic mass is 32.2. The molecule has 0 aliphatic carbocycles. The molecule has 12 heavy (non-hydrogen) atoms. The van der Waals surface area contributed by atoms with Crippen molar-refractivity contribution in [2.24, 2.45) is 0 Å². The van der Waals surface area contributed by atoms with Crippen molar-refractivity contribution in [3.05, 3.63) is 18.2 Å². The SMILES string of the molecule is CSCCc1[nH]cc[n+]1CSC. The van der Waals surface area contributed by atoms with E-state index < -0.39 is 0 Å². The molecule has 0 aromatic carbocycles. The van der Waals surface area contributed by atoms with Crippen LogP contribution in [-0.2, 0) is 12.3 Å². The average Bonchev–Trinajstić information content (AvgIpc) is 2.50. The predicted molar refractivity (Wildman–Crippen MR) is 56.6 cm³/mol. The van der Waals surface area contributed by atoms with E-state index in [4.69, 9.17) is 0 Å². The van der Waals surface area contributed by atoms with E-state index in [2.05, 4.69) is 28.3 Å². The van der Waals surface area contributed by atoms with Gasteiger partial charge in [-0.3, -0.25) is 0 Å². The third-order valence-corrected chi connectivity index (χ3v) is 2.81. The largest absolute Gasteiger partial charge is 0.255 e. The summed E-state index contributed by atoms with van der Waals surface area (Å²) in [6.07, 6.45) is 9.51. The minimum Gasteiger partial charge on any atom is -0.248 e. The van der Waals surface area contributed by atoms with Gasteiger partial charge in [0, 0.05) is 5.75 Å². The molecule has 0 bridgehead atoms. The molecule has 0 amide bonds. The lowest BCUT2D eigenvalue weighted by atomic mass is 10.4. The zero-order valence-corrected chi connectivity index (χ0v) is 9.17. The van der Waals surface area contributed by atoms with Crippen LogP contribution in [-0.4, -0.2) is 23.2 Å². The molecule has 0 spiro atoms. The maximum absolute atomic E-state index is 3.26. The summed E-state index contributed by atoms with van der Waals surface area (Å²) in [6, 6.07) is 0. The number of thioether (sulfide) groups is 2. The van der Waals surface area contributed by atoms with Crippen molar-refractivity contribution < 1.29 is 4.57 Å². The van der Waals surface area contributed by atoms with Gasteiger partial charge in [0.2, 0.25) is 0 Å². The first kappa shape index (κ1) is 9.99. The van der Waals surface area contributed by atoms with Crippen molar-refractivity contribution in [3.63, 3.8) is 0 Å². The van der Waals surface area contributed by atoms with E-state index in [1.54, 1.807) is 0 Å². The van der Waals surface area contributed by atoms with Gasteiger partial charge in [-0.25, -0.2) is 9.55 Å². The fourth-order valence-electron chi connectivity index (χ4n) is 1.07. The van der Waals surface area contributed by atoms with E-state index in [0.717, 1.165) is 12.3 Å². The lowest BCUT2D eigenvalue weighted by Crippen LogP contribution is -2.34. The van der Waals surface area contributed by atoms with Gasteiger partial charge < -0.3 is 0 Å². The van der Waals surface area contributed by atoms with Gasteiger partial charge in [-0.2, -0.15) is 11.8 Å². The van der Waals surface area contributed by atoms with E-state index in [0.29, 0.717) is 0 Å². The van der Waals surface area contributed by atoms with Crippen LogP contribution in [0.15, 0.2) is 12.4 Å². The Balaban J connectivity index is 2.51. The van der Waals surface area contributed by atoms with Crippen LogP contribution in [0, 0.1) is 0 Å². The Labute approximate surface area is 82.1 Å². The van der Waals surface area contributed by atoms with E-state index in [1.165, 1.54) is 11.6 Å². The summed E-state index contributed by atoms with van der Waals surface area (Å²) in [7, 11) is 0. The van der Waals surface area contributed by atoms with Crippen LogP contribution < -0.4 is 4.57 Å². The molecule has 68 valence electrons. The fraction of sp³-hybridized carbons (Fsp3) is 0.625. The summed E-state index contributed by atoms with van der Waals surface area (Å²) in [6.45, 7) is 0. The van der Waals surface area contributed by atoms with Gasteiger partial charge in [0.1, 0.15) is 18.3 Å². The maximum atomic E-state index is 3.26. The third kappa shape index (κ3) is 2.75. The van der Waals surface area contributed by atoms with E-state index in [1.807, 2.05) is 29.7 Å². The van der Waals surface area contributed by atoms with Crippen LogP contribution in [0.2, 0.25) is 0 Å². The predicted octanol–water partition coefficient (Wildman–Crippen LogP) is 1.53. The normalized spacial score (nSPS) is 10.5. The first-order chi connectivity index (χ1) is 5.88. The van der Waals surface area contributed by atoms with Crippen molar-refractivity contribution in [1.29, 1.82) is 0 Å². The highest BCUT2D eigenvalue weighted by Crippen LogP contribution is 1.99. The van der Waals surface area contributed by atoms with Crippen LogP contribution >= 0.6 is 23.5 Å². The summed E-state index contributed by atoms with van der Waals surface area (Å²) in [5.74, 6) is 3.57. The van der Waals surface area contributed by atoms with Gasteiger partial charge in [0.15, 0.2) is 0 Å². The highest BCUT2D eigenvalue weighted by Gasteiger charge is 2.07. The molecule has 0 aliphatic heterocycles. The second kappa shape index (κ2) is 5.54. The number of rotatable bonds is 5. The summed E-state index contributed by atoms with van der Waals surface area (Å²) in [4.78, 5) is 3.26. The van der Waals surface area contributed by atoms with Crippen molar-refractivity contribution in [2.75, 3.05) is 18.3 Å². The Morgan fingerprint density at radius 1 is 1.42 bits per heavy atom. The summed E-state index contributed by atoms with van der Waals surface area (Å²) in [5.41, 5.74) is 0. The molecule has 0 radical (unpaired) electrons. The Bertz CT molecular complexity index is 223. The van der Waals surface area contributed by atoms with Crippen molar-refractivity contribution in [1.82, 2.24) is 4.98 Å². The molecule has 1 N–H and O–H groups in total. The molecule has 2 nitrogen and oxygen atoms in total. The highest BCUT2D eigenvalue weighted by molar-refractivity contribution is 7.98. The number of nitrogens with zero attached hydrogens (tertiary/aromatic N) is 1. The Hall–Kier alpha value is -0.0900. The molecule has 0 saturated heterocycles. The fourth-order valence-corrected chi connectivity index (χ4v) is 1.99. The first-order valence-electron chi connectivity index (χ1n) is 3.92. The van der Waals surface area contributed by atoms with E-state index in [-0.39, 0.29) is 0 Å². The second-order valence-electron chi connectivity index (χ2n) is 2.54. The molecular formula is C8H15N2S2+. The number of hydrogen-bond donors (Lipinski definition) is 1. The molecule has 4 heteroatoms. The second-order valence-corrected chi connectivity index (χ2v) is 4.36. The monoisotopic (exact) mass is 203 g/mol. The quantitative estimate of drug-likeness (QED) is 0.732. The zero-order valence-electron chi connectivity index (χ0n) is 7.54. The van der Waals surface area contributed by atoms with Crippen molar-refractivity contribution >= 4 is 23.5 Å². The topological polar surface area (TPSA) is 19.7 Å². The van der Waals surface area contributed by atoms with Gasteiger partial charge in [-0.1, -0.05) is 0 Å². The minimum atomic E-state index is 1.05. The number of imidazole rings is 1. The number of aromatic nitrogens is 2. The molecule has 0 unspecified atom stereocenters. The average molecular weight is 203 g/mol. The van der Waals surface area contributed by atoms with Crippen LogP contribution in [0.1, 0.15) is 5.82 Å².